The molecule has 4 nitrogen and oxygen atoms in total. The minimum atomic E-state index is -0.282. The summed E-state index contributed by atoms with van der Waals surface area (Å²) >= 11 is 0. The summed E-state index contributed by atoms with van der Waals surface area (Å²) in [5.74, 6) is -0.282. The molecule has 0 amide bonds. The predicted octanol–water partition coefficient (Wildman–Crippen LogP) is 1.53. The molecule has 0 bridgehead atoms. The van der Waals surface area contributed by atoms with Crippen molar-refractivity contribution < 1.29 is 18.9 Å². The lowest BCUT2D eigenvalue weighted by molar-refractivity contribution is 0.0601. The molecule has 0 spiro atoms. The van der Waals surface area contributed by atoms with Gasteiger partial charge in [-0.2, -0.15) is 0 Å². The molecule has 108 valence electrons. The second-order valence-corrected chi connectivity index (χ2v) is 4.33. The third-order valence-electron chi connectivity index (χ3n) is 3.16. The van der Waals surface area contributed by atoms with Gasteiger partial charge in [0.05, 0.1) is 12.7 Å². The molecule has 6 heteroatoms. The van der Waals surface area contributed by atoms with Crippen molar-refractivity contribution in [2.75, 3.05) is 45.2 Å². The van der Waals surface area contributed by atoms with Gasteiger partial charge in [0.25, 0.3) is 0 Å². The number of piperazine rings is 1. The van der Waals surface area contributed by atoms with Crippen LogP contribution in [0.4, 0.5) is 15.1 Å². The molecule has 0 aromatic heterocycles. The molecule has 1 aliphatic rings. The van der Waals surface area contributed by atoms with Crippen LogP contribution in [-0.2, 0) is 4.74 Å². The van der Waals surface area contributed by atoms with Gasteiger partial charge in [0.15, 0.2) is 0 Å². The number of carbonyl (C=O) groups is 1. The fourth-order valence-corrected chi connectivity index (χ4v) is 1.99. The van der Waals surface area contributed by atoms with Crippen molar-refractivity contribution in [1.29, 1.82) is 0 Å². The number of carbonyl (C=O) groups excluding carboxylic acids is 1. The number of hydrogen-bond donors (Lipinski definition) is 0. The number of likely N-dealkylation sites (N-methyl/N-ethyl adjacent to an activating group) is 1. The zero-order chi connectivity index (χ0) is 12.3. The van der Waals surface area contributed by atoms with Crippen LogP contribution in [0, 0.1) is 0 Å². The topological polar surface area (TPSA) is 32.8 Å². The zero-order valence-electron chi connectivity index (χ0n) is 11.2. The Hall–Kier alpha value is -1.69. The van der Waals surface area contributed by atoms with Gasteiger partial charge in [-0.05, 0) is 31.3 Å². The quantitative estimate of drug-likeness (QED) is 0.766. The van der Waals surface area contributed by atoms with Crippen LogP contribution in [0.5, 0.6) is 0 Å². The van der Waals surface area contributed by atoms with Crippen LogP contribution in [0.25, 0.3) is 0 Å². The van der Waals surface area contributed by atoms with Crippen molar-refractivity contribution in [2.45, 2.75) is 0 Å². The lowest BCUT2D eigenvalue weighted by Crippen LogP contribution is -2.44. The molecule has 1 saturated heterocycles. The smallest absolute Gasteiger partial charge is 0.337 e. The Bertz CT molecular complexity index is 390. The average molecular weight is 274 g/mol. The van der Waals surface area contributed by atoms with Gasteiger partial charge >= 0.3 is 5.97 Å². The second kappa shape index (κ2) is 7.68. The first-order valence-corrected chi connectivity index (χ1v) is 5.82. The van der Waals surface area contributed by atoms with Crippen molar-refractivity contribution in [1.82, 2.24) is 4.90 Å². The molecule has 0 aliphatic carbocycles. The van der Waals surface area contributed by atoms with E-state index in [1.54, 1.807) is 0 Å². The molecule has 1 aliphatic heterocycles. The maximum atomic E-state index is 11.3. The fourth-order valence-electron chi connectivity index (χ4n) is 1.99. The van der Waals surface area contributed by atoms with E-state index in [0.29, 0.717) is 5.56 Å². The average Bonchev–Trinajstić information content (AvgIpc) is 2.39. The molecule has 0 unspecified atom stereocenters. The number of methoxy groups -OCH3 is 1. The van der Waals surface area contributed by atoms with E-state index in [1.807, 2.05) is 24.3 Å². The van der Waals surface area contributed by atoms with Crippen molar-refractivity contribution in [3.05, 3.63) is 29.8 Å². The van der Waals surface area contributed by atoms with Gasteiger partial charge in [-0.3, -0.25) is 9.41 Å². The van der Waals surface area contributed by atoms with Crippen molar-refractivity contribution in [3.8, 4) is 0 Å². The minimum absolute atomic E-state index is 0. The monoisotopic (exact) mass is 274 g/mol. The van der Waals surface area contributed by atoms with Crippen LogP contribution in [0.3, 0.4) is 0 Å². The van der Waals surface area contributed by atoms with Gasteiger partial charge < -0.3 is 14.5 Å². The van der Waals surface area contributed by atoms with E-state index in [2.05, 4.69) is 21.6 Å². The van der Waals surface area contributed by atoms with Gasteiger partial charge in [-0.15, -0.1) is 0 Å². The van der Waals surface area contributed by atoms with Crippen LogP contribution in [0.1, 0.15) is 10.4 Å². The lowest BCUT2D eigenvalue weighted by atomic mass is 10.2. The van der Waals surface area contributed by atoms with Crippen molar-refractivity contribution in [2.24, 2.45) is 0 Å². The maximum absolute atomic E-state index is 11.3. The Kier molecular flexibility index (Phi) is 7.00. The highest BCUT2D eigenvalue weighted by Gasteiger charge is 2.14. The van der Waals surface area contributed by atoms with Crippen molar-refractivity contribution >= 4 is 11.7 Å². The number of benzene rings is 1. The van der Waals surface area contributed by atoms with Crippen LogP contribution < -0.4 is 4.90 Å². The number of esters is 1. The molecule has 1 aromatic rings. The Morgan fingerprint density at radius 1 is 1.05 bits per heavy atom. The summed E-state index contributed by atoms with van der Waals surface area (Å²) < 4.78 is 4.68. The van der Waals surface area contributed by atoms with E-state index in [4.69, 9.17) is 0 Å². The Morgan fingerprint density at radius 3 is 2.05 bits per heavy atom. The van der Waals surface area contributed by atoms with E-state index in [9.17, 15) is 4.79 Å². The number of halogens is 2. The van der Waals surface area contributed by atoms with Crippen LogP contribution in [-0.4, -0.2) is 51.2 Å². The third-order valence-corrected chi connectivity index (χ3v) is 3.16. The molecule has 0 atom stereocenters. The maximum Gasteiger partial charge on any atom is 0.337 e. The number of rotatable bonds is 2. The van der Waals surface area contributed by atoms with Gasteiger partial charge in [0.2, 0.25) is 0 Å². The van der Waals surface area contributed by atoms with E-state index in [0.717, 1.165) is 26.2 Å². The fraction of sp³-hybridized carbons (Fsp3) is 0.462. The van der Waals surface area contributed by atoms with Crippen LogP contribution in [0.15, 0.2) is 24.3 Å². The largest absolute Gasteiger partial charge is 0.465 e. The summed E-state index contributed by atoms with van der Waals surface area (Å²) in [6, 6.07) is 7.61. The van der Waals surface area contributed by atoms with Gasteiger partial charge in [-0.1, -0.05) is 0 Å². The summed E-state index contributed by atoms with van der Waals surface area (Å²) in [6.07, 6.45) is 0. The Morgan fingerprint density at radius 2 is 1.58 bits per heavy atom. The van der Waals surface area contributed by atoms with E-state index in [-0.39, 0.29) is 15.4 Å². The molecule has 1 heterocycles. The summed E-state index contributed by atoms with van der Waals surface area (Å²) in [6.45, 7) is 4.24. The molecule has 0 radical (unpaired) electrons. The highest BCUT2D eigenvalue weighted by molar-refractivity contribution is 5.89. The van der Waals surface area contributed by atoms with Gasteiger partial charge in [0, 0.05) is 31.9 Å². The normalized spacial score (nSPS) is 15.2. The molecule has 2 rings (SSSR count). The SMILES string of the molecule is COC(=O)c1ccc(N2CCN(C)CC2)cc1.F.F. The number of ether oxygens (including phenoxy) is 1. The van der Waals surface area contributed by atoms with Crippen LogP contribution >= 0.6 is 0 Å². The van der Waals surface area contributed by atoms with E-state index < -0.39 is 0 Å². The second-order valence-electron chi connectivity index (χ2n) is 4.33. The summed E-state index contributed by atoms with van der Waals surface area (Å²) in [5.41, 5.74) is 1.77. The third kappa shape index (κ3) is 4.17. The number of anilines is 1. The molecular weight excluding hydrogens is 254 g/mol. The Labute approximate surface area is 111 Å². The Balaban J connectivity index is 0.00000162. The minimum Gasteiger partial charge on any atom is -0.465 e. The van der Waals surface area contributed by atoms with Gasteiger partial charge in [0.1, 0.15) is 0 Å². The van der Waals surface area contributed by atoms with E-state index in [1.165, 1.54) is 12.8 Å². The number of nitrogens with zero attached hydrogens (tertiary/aromatic N) is 2. The van der Waals surface area contributed by atoms with Crippen LogP contribution in [0.2, 0.25) is 0 Å². The molecule has 19 heavy (non-hydrogen) atoms. The molecule has 1 aromatic carbocycles. The standard InChI is InChI=1S/C13H18N2O2.2FH/c1-14-7-9-15(10-8-14)12-5-3-11(4-6-12)13(16)17-2;;/h3-6H,7-10H2,1-2H3;2*1H. The number of hydrogen-bond acceptors (Lipinski definition) is 4. The summed E-state index contributed by atoms with van der Waals surface area (Å²) in [5, 5.41) is 0. The highest BCUT2D eigenvalue weighted by atomic mass is 19.0. The van der Waals surface area contributed by atoms with Gasteiger partial charge in [-0.25, -0.2) is 4.79 Å². The van der Waals surface area contributed by atoms with Crippen molar-refractivity contribution in [3.63, 3.8) is 0 Å². The van der Waals surface area contributed by atoms with E-state index >= 15 is 0 Å². The lowest BCUT2D eigenvalue weighted by Gasteiger charge is -2.34. The summed E-state index contributed by atoms with van der Waals surface area (Å²) in [7, 11) is 3.54. The summed E-state index contributed by atoms with van der Waals surface area (Å²) in [4.78, 5) is 16.0. The zero-order valence-corrected chi connectivity index (χ0v) is 11.2. The molecule has 1 fully saturated rings. The highest BCUT2D eigenvalue weighted by Crippen LogP contribution is 2.17. The molecule has 0 N–H and O–H groups in total. The first-order valence-electron chi connectivity index (χ1n) is 5.82. The first kappa shape index (κ1) is 17.3. The predicted molar refractivity (Wildman–Crippen MR) is 72.5 cm³/mol. The molecular formula is C13H20F2N2O2. The first-order chi connectivity index (χ1) is 8.20. The molecule has 0 saturated carbocycles.